The van der Waals surface area contributed by atoms with Crippen LogP contribution in [0.25, 0.3) is 17.4 Å². The standard InChI is InChI=1S/C27H16ClN3O6S/c28-23-12-8-17(31(34)35)14-21(23)24-13-11-20(37-24)15-22-25(32)29-27(38)30(26(22)33)16-6-9-19(10-7-16)36-18-4-2-1-3-5-18/h1-15H,(H,29,32,38). The summed E-state index contributed by atoms with van der Waals surface area (Å²) in [5, 5.41) is 13.8. The van der Waals surface area contributed by atoms with Crippen LogP contribution in [0.2, 0.25) is 5.02 Å². The van der Waals surface area contributed by atoms with Gasteiger partial charge in [-0.05, 0) is 72.9 Å². The molecule has 1 N–H and O–H groups in total. The second-order valence-corrected chi connectivity index (χ2v) is 8.78. The monoisotopic (exact) mass is 545 g/mol. The van der Waals surface area contributed by atoms with E-state index in [1.54, 1.807) is 24.3 Å². The van der Waals surface area contributed by atoms with Gasteiger partial charge in [0.1, 0.15) is 28.6 Å². The van der Waals surface area contributed by atoms with Gasteiger partial charge in [0.25, 0.3) is 17.5 Å². The molecular weight excluding hydrogens is 530 g/mol. The van der Waals surface area contributed by atoms with Gasteiger partial charge < -0.3 is 9.15 Å². The van der Waals surface area contributed by atoms with E-state index in [0.29, 0.717) is 22.7 Å². The van der Waals surface area contributed by atoms with Crippen LogP contribution in [0.3, 0.4) is 0 Å². The normalized spacial score (nSPS) is 14.5. The van der Waals surface area contributed by atoms with Crippen molar-refractivity contribution in [2.24, 2.45) is 0 Å². The zero-order valence-corrected chi connectivity index (χ0v) is 20.9. The predicted molar refractivity (Wildman–Crippen MR) is 145 cm³/mol. The number of halogens is 1. The Morgan fingerprint density at radius 2 is 1.68 bits per heavy atom. The number of amides is 2. The Morgan fingerprint density at radius 1 is 0.974 bits per heavy atom. The number of benzene rings is 3. The number of nitro benzene ring substituents is 1. The van der Waals surface area contributed by atoms with Crippen LogP contribution in [0.15, 0.2) is 94.9 Å². The van der Waals surface area contributed by atoms with Gasteiger partial charge in [0.05, 0.1) is 15.6 Å². The Labute approximate surface area is 226 Å². The first-order valence-electron chi connectivity index (χ1n) is 11.1. The molecule has 0 bridgehead atoms. The number of carbonyl (C=O) groups is 2. The number of carbonyl (C=O) groups excluding carboxylic acids is 2. The zero-order chi connectivity index (χ0) is 26.8. The molecular formula is C27H16ClN3O6S. The summed E-state index contributed by atoms with van der Waals surface area (Å²) in [6.45, 7) is 0. The number of ether oxygens (including phenoxy) is 1. The Kier molecular flexibility index (Phi) is 6.73. The molecule has 1 aliphatic rings. The number of nitro groups is 1. The molecule has 0 atom stereocenters. The first kappa shape index (κ1) is 24.9. The fourth-order valence-electron chi connectivity index (χ4n) is 3.71. The number of nitrogens with one attached hydrogen (secondary N) is 1. The average Bonchev–Trinajstić information content (AvgIpc) is 3.36. The van der Waals surface area contributed by atoms with Crippen LogP contribution in [0.4, 0.5) is 11.4 Å². The highest BCUT2D eigenvalue weighted by atomic mass is 35.5. The highest BCUT2D eigenvalue weighted by molar-refractivity contribution is 7.80. The number of furan rings is 1. The van der Waals surface area contributed by atoms with Crippen molar-refractivity contribution < 1.29 is 23.7 Å². The third-order valence-corrected chi connectivity index (χ3v) is 6.13. The quantitative estimate of drug-likeness (QED) is 0.102. The van der Waals surface area contributed by atoms with E-state index in [1.165, 1.54) is 41.3 Å². The summed E-state index contributed by atoms with van der Waals surface area (Å²) >= 11 is 11.5. The van der Waals surface area contributed by atoms with Crippen molar-refractivity contribution >= 4 is 58.2 Å². The van der Waals surface area contributed by atoms with Gasteiger partial charge in [-0.1, -0.05) is 29.8 Å². The Balaban J connectivity index is 1.40. The summed E-state index contributed by atoms with van der Waals surface area (Å²) in [7, 11) is 0. The lowest BCUT2D eigenvalue weighted by molar-refractivity contribution is -0.384. The minimum Gasteiger partial charge on any atom is -0.457 e. The topological polar surface area (TPSA) is 115 Å². The number of nitrogens with zero attached hydrogens (tertiary/aromatic N) is 2. The second-order valence-electron chi connectivity index (χ2n) is 7.99. The highest BCUT2D eigenvalue weighted by Crippen LogP contribution is 2.33. The lowest BCUT2D eigenvalue weighted by Crippen LogP contribution is -2.54. The molecule has 0 aliphatic carbocycles. The molecule has 1 aliphatic heterocycles. The SMILES string of the molecule is O=C1NC(=S)N(c2ccc(Oc3ccccc3)cc2)C(=O)C1=Cc1ccc(-c2cc([N+](=O)[O-])ccc2Cl)o1. The van der Waals surface area contributed by atoms with Crippen LogP contribution < -0.4 is 15.0 Å². The van der Waals surface area contributed by atoms with Gasteiger partial charge in [0.15, 0.2) is 5.11 Å². The smallest absolute Gasteiger partial charge is 0.270 e. The van der Waals surface area contributed by atoms with E-state index in [2.05, 4.69) is 5.32 Å². The Bertz CT molecular complexity index is 1620. The summed E-state index contributed by atoms with van der Waals surface area (Å²) in [6.07, 6.45) is 1.27. The molecule has 11 heteroatoms. The average molecular weight is 546 g/mol. The molecule has 4 aromatic rings. The Morgan fingerprint density at radius 3 is 2.39 bits per heavy atom. The predicted octanol–water partition coefficient (Wildman–Crippen LogP) is 6.13. The summed E-state index contributed by atoms with van der Waals surface area (Å²) < 4.78 is 11.5. The van der Waals surface area contributed by atoms with E-state index in [-0.39, 0.29) is 32.9 Å². The lowest BCUT2D eigenvalue weighted by atomic mass is 10.1. The molecule has 3 aromatic carbocycles. The van der Waals surface area contributed by atoms with Crippen molar-refractivity contribution in [1.82, 2.24) is 5.32 Å². The van der Waals surface area contributed by atoms with Crippen molar-refractivity contribution in [3.8, 4) is 22.8 Å². The number of thiocarbonyl (C=S) groups is 1. The Hall–Kier alpha value is -4.80. The highest BCUT2D eigenvalue weighted by Gasteiger charge is 2.34. The van der Waals surface area contributed by atoms with Crippen LogP contribution in [0, 0.1) is 10.1 Å². The van der Waals surface area contributed by atoms with Crippen molar-refractivity contribution in [3.63, 3.8) is 0 Å². The summed E-state index contributed by atoms with van der Waals surface area (Å²) in [5.74, 6) is 0.272. The van der Waals surface area contributed by atoms with Crippen molar-refractivity contribution in [2.75, 3.05) is 4.90 Å². The molecule has 2 heterocycles. The first-order chi connectivity index (χ1) is 18.3. The summed E-state index contributed by atoms with van der Waals surface area (Å²) in [6, 6.07) is 22.9. The van der Waals surface area contributed by atoms with Gasteiger partial charge in [-0.25, -0.2) is 0 Å². The molecule has 1 saturated heterocycles. The van der Waals surface area contributed by atoms with Gasteiger partial charge >= 0.3 is 0 Å². The van der Waals surface area contributed by atoms with Gasteiger partial charge in [-0.15, -0.1) is 0 Å². The third-order valence-electron chi connectivity index (χ3n) is 5.52. The van der Waals surface area contributed by atoms with E-state index < -0.39 is 16.7 Å². The number of anilines is 1. The molecule has 9 nitrogen and oxygen atoms in total. The molecule has 2 amide bonds. The second kappa shape index (κ2) is 10.3. The van der Waals surface area contributed by atoms with E-state index in [9.17, 15) is 19.7 Å². The molecule has 188 valence electrons. The lowest BCUT2D eigenvalue weighted by Gasteiger charge is -2.28. The van der Waals surface area contributed by atoms with Crippen LogP contribution in [0.5, 0.6) is 11.5 Å². The molecule has 0 saturated carbocycles. The number of hydrogen-bond donors (Lipinski definition) is 1. The van der Waals surface area contributed by atoms with Crippen molar-refractivity contribution in [2.45, 2.75) is 0 Å². The summed E-state index contributed by atoms with van der Waals surface area (Å²) in [5.41, 5.74) is 0.349. The van der Waals surface area contributed by atoms with Gasteiger partial charge in [0, 0.05) is 17.7 Å². The summed E-state index contributed by atoms with van der Waals surface area (Å²) in [4.78, 5) is 37.7. The number of non-ortho nitro benzene ring substituents is 1. The van der Waals surface area contributed by atoms with Crippen LogP contribution in [-0.2, 0) is 9.59 Å². The molecule has 1 fully saturated rings. The van der Waals surface area contributed by atoms with E-state index in [1.807, 2.05) is 30.3 Å². The zero-order valence-electron chi connectivity index (χ0n) is 19.3. The van der Waals surface area contributed by atoms with E-state index in [4.69, 9.17) is 33.0 Å². The maximum atomic E-state index is 13.3. The fourth-order valence-corrected chi connectivity index (χ4v) is 4.20. The van der Waals surface area contributed by atoms with Gasteiger partial charge in [-0.3, -0.25) is 29.9 Å². The number of para-hydroxylation sites is 1. The molecule has 38 heavy (non-hydrogen) atoms. The number of rotatable bonds is 6. The largest absolute Gasteiger partial charge is 0.457 e. The van der Waals surface area contributed by atoms with Crippen LogP contribution in [0.1, 0.15) is 5.76 Å². The van der Waals surface area contributed by atoms with Crippen molar-refractivity contribution in [1.29, 1.82) is 0 Å². The van der Waals surface area contributed by atoms with Crippen LogP contribution in [-0.4, -0.2) is 21.9 Å². The molecule has 1 aromatic heterocycles. The third kappa shape index (κ3) is 5.03. The molecule has 0 radical (unpaired) electrons. The van der Waals surface area contributed by atoms with Gasteiger partial charge in [-0.2, -0.15) is 0 Å². The van der Waals surface area contributed by atoms with E-state index >= 15 is 0 Å². The minimum absolute atomic E-state index is 0.0719. The maximum absolute atomic E-state index is 13.3. The fraction of sp³-hybridized carbons (Fsp3) is 0. The molecule has 0 unspecified atom stereocenters. The minimum atomic E-state index is -0.688. The maximum Gasteiger partial charge on any atom is 0.270 e. The molecule has 5 rings (SSSR count). The van der Waals surface area contributed by atoms with Crippen molar-refractivity contribution in [3.05, 3.63) is 111 Å². The number of hydrogen-bond acceptors (Lipinski definition) is 7. The molecule has 0 spiro atoms. The van der Waals surface area contributed by atoms with Gasteiger partial charge in [0.2, 0.25) is 0 Å². The van der Waals surface area contributed by atoms with Crippen LogP contribution >= 0.6 is 23.8 Å². The first-order valence-corrected chi connectivity index (χ1v) is 11.9. The van der Waals surface area contributed by atoms with E-state index in [0.717, 1.165) is 0 Å².